The number of nitrogens with two attached hydrogens (primary N) is 1. The molecule has 0 bridgehead atoms. The predicted octanol–water partition coefficient (Wildman–Crippen LogP) is 2.06. The minimum absolute atomic E-state index is 0.185. The SMILES string of the molecule is CN1CCC(CN(C)Cc2cc(F)cc(CN)c2)CC1. The third-order valence-electron chi connectivity index (χ3n) is 4.11. The Hall–Kier alpha value is -0.970. The molecule has 1 aliphatic rings. The van der Waals surface area contributed by atoms with Crippen LogP contribution in [-0.2, 0) is 13.1 Å². The largest absolute Gasteiger partial charge is 0.326 e. The molecule has 0 unspecified atom stereocenters. The fraction of sp³-hybridized carbons (Fsp3) is 0.625. The Morgan fingerprint density at radius 1 is 1.25 bits per heavy atom. The van der Waals surface area contributed by atoms with Crippen molar-refractivity contribution in [1.29, 1.82) is 0 Å². The van der Waals surface area contributed by atoms with Crippen molar-refractivity contribution in [3.05, 3.63) is 35.1 Å². The van der Waals surface area contributed by atoms with Gasteiger partial charge in [0.2, 0.25) is 0 Å². The number of halogens is 1. The average molecular weight is 279 g/mol. The maximum absolute atomic E-state index is 13.5. The maximum Gasteiger partial charge on any atom is 0.123 e. The highest BCUT2D eigenvalue weighted by Gasteiger charge is 2.18. The van der Waals surface area contributed by atoms with Crippen LogP contribution < -0.4 is 5.73 Å². The van der Waals surface area contributed by atoms with Crippen molar-refractivity contribution in [3.8, 4) is 0 Å². The van der Waals surface area contributed by atoms with Crippen molar-refractivity contribution < 1.29 is 4.39 Å². The van der Waals surface area contributed by atoms with E-state index in [-0.39, 0.29) is 5.82 Å². The van der Waals surface area contributed by atoms with Gasteiger partial charge >= 0.3 is 0 Å². The van der Waals surface area contributed by atoms with Crippen LogP contribution in [0.2, 0.25) is 0 Å². The zero-order valence-electron chi connectivity index (χ0n) is 12.6. The summed E-state index contributed by atoms with van der Waals surface area (Å²) in [5.74, 6) is 0.578. The first-order valence-electron chi connectivity index (χ1n) is 7.42. The van der Waals surface area contributed by atoms with Crippen LogP contribution in [0.1, 0.15) is 24.0 Å². The lowest BCUT2D eigenvalue weighted by Gasteiger charge is -2.31. The molecule has 20 heavy (non-hydrogen) atoms. The van der Waals surface area contributed by atoms with E-state index in [2.05, 4.69) is 23.9 Å². The molecule has 0 saturated carbocycles. The van der Waals surface area contributed by atoms with E-state index in [1.807, 2.05) is 6.07 Å². The number of hydrogen-bond acceptors (Lipinski definition) is 3. The summed E-state index contributed by atoms with van der Waals surface area (Å²) in [5.41, 5.74) is 7.48. The van der Waals surface area contributed by atoms with Gasteiger partial charge in [0, 0.05) is 19.6 Å². The molecule has 1 aromatic rings. The second kappa shape index (κ2) is 7.16. The van der Waals surface area contributed by atoms with Crippen LogP contribution in [-0.4, -0.2) is 43.5 Å². The van der Waals surface area contributed by atoms with Gasteiger partial charge in [-0.2, -0.15) is 0 Å². The van der Waals surface area contributed by atoms with Gasteiger partial charge in [-0.15, -0.1) is 0 Å². The van der Waals surface area contributed by atoms with Gasteiger partial charge in [-0.1, -0.05) is 6.07 Å². The van der Waals surface area contributed by atoms with E-state index < -0.39 is 0 Å². The third kappa shape index (κ3) is 4.54. The molecular weight excluding hydrogens is 253 g/mol. The molecule has 1 fully saturated rings. The normalized spacial score (nSPS) is 17.9. The molecule has 2 rings (SSSR count). The first-order valence-corrected chi connectivity index (χ1v) is 7.42. The summed E-state index contributed by atoms with van der Waals surface area (Å²) in [6, 6.07) is 5.14. The molecule has 3 nitrogen and oxygen atoms in total. The van der Waals surface area contributed by atoms with Gasteiger partial charge in [0.15, 0.2) is 0 Å². The van der Waals surface area contributed by atoms with Crippen LogP contribution in [0.15, 0.2) is 18.2 Å². The van der Waals surface area contributed by atoms with Crippen LogP contribution in [0, 0.1) is 11.7 Å². The standard InChI is InChI=1S/C16H26FN3/c1-19-5-3-13(4-6-19)11-20(2)12-15-7-14(10-18)8-16(17)9-15/h7-9,13H,3-6,10-12,18H2,1-2H3. The molecule has 1 saturated heterocycles. The van der Waals surface area contributed by atoms with Crippen molar-refractivity contribution in [3.63, 3.8) is 0 Å². The second-order valence-corrected chi connectivity index (χ2v) is 6.12. The highest BCUT2D eigenvalue weighted by Crippen LogP contribution is 2.18. The van der Waals surface area contributed by atoms with Gasteiger partial charge < -0.3 is 15.5 Å². The number of hydrogen-bond donors (Lipinski definition) is 1. The second-order valence-electron chi connectivity index (χ2n) is 6.12. The fourth-order valence-corrected chi connectivity index (χ4v) is 2.99. The molecular formula is C16H26FN3. The van der Waals surface area contributed by atoms with Crippen molar-refractivity contribution in [2.75, 3.05) is 33.7 Å². The summed E-state index contributed by atoms with van der Waals surface area (Å²) >= 11 is 0. The summed E-state index contributed by atoms with van der Waals surface area (Å²) in [6.07, 6.45) is 2.52. The van der Waals surface area contributed by atoms with Crippen molar-refractivity contribution in [2.45, 2.75) is 25.9 Å². The van der Waals surface area contributed by atoms with Crippen LogP contribution >= 0.6 is 0 Å². The number of benzene rings is 1. The number of piperidine rings is 1. The monoisotopic (exact) mass is 279 g/mol. The predicted molar refractivity (Wildman–Crippen MR) is 80.8 cm³/mol. The van der Waals surface area contributed by atoms with Gasteiger partial charge in [-0.05, 0) is 69.2 Å². The lowest BCUT2D eigenvalue weighted by molar-refractivity contribution is 0.173. The summed E-state index contributed by atoms with van der Waals surface area (Å²) < 4.78 is 13.5. The third-order valence-corrected chi connectivity index (χ3v) is 4.11. The Bertz CT molecular complexity index is 428. The van der Waals surface area contributed by atoms with E-state index in [4.69, 9.17) is 5.73 Å². The Morgan fingerprint density at radius 2 is 1.90 bits per heavy atom. The summed E-state index contributed by atoms with van der Waals surface area (Å²) in [6.45, 7) is 4.65. The lowest BCUT2D eigenvalue weighted by atomic mass is 9.96. The molecule has 0 amide bonds. The van der Waals surface area contributed by atoms with Crippen molar-refractivity contribution in [2.24, 2.45) is 11.7 Å². The van der Waals surface area contributed by atoms with Crippen LogP contribution in [0.25, 0.3) is 0 Å². The van der Waals surface area contributed by atoms with Gasteiger partial charge in [-0.3, -0.25) is 0 Å². The Morgan fingerprint density at radius 3 is 2.55 bits per heavy atom. The maximum atomic E-state index is 13.5. The summed E-state index contributed by atoms with van der Waals surface area (Å²) in [5, 5.41) is 0. The number of rotatable bonds is 5. The minimum Gasteiger partial charge on any atom is -0.326 e. The Kier molecular flexibility index (Phi) is 5.52. The number of likely N-dealkylation sites (tertiary alicyclic amines) is 1. The Labute approximate surface area is 121 Å². The van der Waals surface area contributed by atoms with Gasteiger partial charge in [0.1, 0.15) is 5.82 Å². The zero-order valence-corrected chi connectivity index (χ0v) is 12.6. The molecule has 1 aliphatic heterocycles. The van der Waals surface area contributed by atoms with E-state index in [9.17, 15) is 4.39 Å². The molecule has 1 aromatic carbocycles. The van der Waals surface area contributed by atoms with Gasteiger partial charge in [0.25, 0.3) is 0 Å². The number of nitrogens with zero attached hydrogens (tertiary/aromatic N) is 2. The minimum atomic E-state index is -0.185. The van der Waals surface area contributed by atoms with Crippen molar-refractivity contribution >= 4 is 0 Å². The van der Waals surface area contributed by atoms with Crippen LogP contribution in [0.3, 0.4) is 0 Å². The summed E-state index contributed by atoms with van der Waals surface area (Å²) in [4.78, 5) is 4.68. The van der Waals surface area contributed by atoms with E-state index >= 15 is 0 Å². The molecule has 4 heteroatoms. The molecule has 0 atom stereocenters. The first kappa shape index (κ1) is 15.4. The highest BCUT2D eigenvalue weighted by atomic mass is 19.1. The van der Waals surface area contributed by atoms with Crippen LogP contribution in [0.5, 0.6) is 0 Å². The smallest absolute Gasteiger partial charge is 0.123 e. The summed E-state index contributed by atoms with van der Waals surface area (Å²) in [7, 11) is 4.30. The van der Waals surface area contributed by atoms with Crippen molar-refractivity contribution in [1.82, 2.24) is 9.80 Å². The first-order chi connectivity index (χ1) is 9.56. The van der Waals surface area contributed by atoms with E-state index in [1.165, 1.54) is 32.0 Å². The molecule has 0 spiro atoms. The van der Waals surface area contributed by atoms with E-state index in [0.717, 1.165) is 30.1 Å². The topological polar surface area (TPSA) is 32.5 Å². The Balaban J connectivity index is 1.87. The quantitative estimate of drug-likeness (QED) is 0.895. The van der Waals surface area contributed by atoms with Gasteiger partial charge in [-0.25, -0.2) is 4.39 Å². The molecule has 0 radical (unpaired) electrons. The lowest BCUT2D eigenvalue weighted by Crippen LogP contribution is -2.35. The zero-order chi connectivity index (χ0) is 14.5. The molecule has 112 valence electrons. The average Bonchev–Trinajstić information content (AvgIpc) is 2.40. The van der Waals surface area contributed by atoms with Crippen LogP contribution in [0.4, 0.5) is 4.39 Å². The molecule has 0 aromatic heterocycles. The molecule has 1 heterocycles. The highest BCUT2D eigenvalue weighted by molar-refractivity contribution is 5.24. The van der Waals surface area contributed by atoms with E-state index in [0.29, 0.717) is 6.54 Å². The van der Waals surface area contributed by atoms with Gasteiger partial charge in [0.05, 0.1) is 0 Å². The molecule has 0 aliphatic carbocycles. The fourth-order valence-electron chi connectivity index (χ4n) is 2.99. The molecule has 2 N–H and O–H groups in total. The van der Waals surface area contributed by atoms with E-state index in [1.54, 1.807) is 6.07 Å².